The Hall–Kier alpha value is -2.37. The molecule has 0 unspecified atom stereocenters. The normalized spacial score (nSPS) is 13.3. The Morgan fingerprint density at radius 3 is 3.00 bits per heavy atom. The summed E-state index contributed by atoms with van der Waals surface area (Å²) in [6.07, 6.45) is 1.43. The third-order valence-corrected chi connectivity index (χ3v) is 3.17. The number of hydrogen-bond acceptors (Lipinski definition) is 5. The van der Waals surface area contributed by atoms with Crippen molar-refractivity contribution < 1.29 is 13.9 Å². The maximum absolute atomic E-state index is 13.6. The summed E-state index contributed by atoms with van der Waals surface area (Å²) in [5.74, 6) is -0.786. The monoisotopic (exact) mass is 275 g/mol. The predicted molar refractivity (Wildman–Crippen MR) is 74.6 cm³/mol. The van der Waals surface area contributed by atoms with Gasteiger partial charge in [-0.3, -0.25) is 4.98 Å². The summed E-state index contributed by atoms with van der Waals surface area (Å²) in [4.78, 5) is 16.2. The highest BCUT2D eigenvalue weighted by molar-refractivity contribution is 6.09. The quantitative estimate of drug-likeness (QED) is 0.824. The molecule has 1 aliphatic heterocycles. The number of nitrogens with one attached hydrogen (secondary N) is 2. The zero-order valence-electron chi connectivity index (χ0n) is 11.0. The third-order valence-electron chi connectivity index (χ3n) is 3.17. The molecule has 6 heteroatoms. The lowest BCUT2D eigenvalue weighted by atomic mass is 10.1. The fourth-order valence-corrected chi connectivity index (χ4v) is 2.36. The van der Waals surface area contributed by atoms with Crippen LogP contribution in [-0.4, -0.2) is 30.6 Å². The first-order valence-electron chi connectivity index (χ1n) is 6.48. The van der Waals surface area contributed by atoms with E-state index in [9.17, 15) is 9.18 Å². The number of anilines is 2. The summed E-state index contributed by atoms with van der Waals surface area (Å²) in [5, 5.41) is 7.04. The standard InChI is InChI=1S/C14H14FN3O2/c1-2-20-14(19)9-7-18-11-6-8(15)5-10-12(11)13(9)17-4-3-16-10/h5-7,16-17H,2-4H2,1H3. The number of esters is 1. The average Bonchev–Trinajstić information content (AvgIpc) is 2.63. The number of carbonyl (C=O) groups is 1. The van der Waals surface area contributed by atoms with Crippen molar-refractivity contribution in [3.05, 3.63) is 29.7 Å². The summed E-state index contributed by atoms with van der Waals surface area (Å²) in [7, 11) is 0. The minimum absolute atomic E-state index is 0.296. The molecule has 0 saturated heterocycles. The van der Waals surface area contributed by atoms with E-state index in [0.29, 0.717) is 42.2 Å². The molecular formula is C14H14FN3O2. The van der Waals surface area contributed by atoms with Crippen LogP contribution in [0.15, 0.2) is 18.3 Å². The minimum Gasteiger partial charge on any atom is -0.462 e. The highest BCUT2D eigenvalue weighted by atomic mass is 19.1. The second-order valence-electron chi connectivity index (χ2n) is 4.47. The lowest BCUT2D eigenvalue weighted by Gasteiger charge is -2.12. The number of pyridine rings is 1. The molecule has 2 heterocycles. The molecule has 1 aromatic carbocycles. The summed E-state index contributed by atoms with van der Waals surface area (Å²) in [5.41, 5.74) is 2.16. The molecule has 0 amide bonds. The molecule has 0 saturated carbocycles. The van der Waals surface area contributed by atoms with Gasteiger partial charge in [-0.25, -0.2) is 9.18 Å². The Bertz CT molecular complexity index is 688. The maximum atomic E-state index is 13.6. The molecule has 1 aromatic heterocycles. The van der Waals surface area contributed by atoms with Crippen LogP contribution in [0.4, 0.5) is 15.8 Å². The molecule has 20 heavy (non-hydrogen) atoms. The Kier molecular flexibility index (Phi) is 3.14. The van der Waals surface area contributed by atoms with Crippen LogP contribution in [0.5, 0.6) is 0 Å². The van der Waals surface area contributed by atoms with Gasteiger partial charge in [-0.05, 0) is 13.0 Å². The third kappa shape index (κ3) is 2.03. The zero-order valence-corrected chi connectivity index (χ0v) is 11.0. The van der Waals surface area contributed by atoms with Gasteiger partial charge < -0.3 is 15.4 Å². The summed E-state index contributed by atoms with van der Waals surface area (Å²) in [6.45, 7) is 3.31. The Labute approximate surface area is 115 Å². The molecule has 0 bridgehead atoms. The van der Waals surface area contributed by atoms with Gasteiger partial charge >= 0.3 is 5.97 Å². The Balaban J connectivity index is 2.27. The van der Waals surface area contributed by atoms with E-state index < -0.39 is 5.97 Å². The summed E-state index contributed by atoms with van der Waals surface area (Å²) >= 11 is 0. The molecule has 2 N–H and O–H groups in total. The van der Waals surface area contributed by atoms with Gasteiger partial charge in [-0.1, -0.05) is 0 Å². The number of ether oxygens (including phenoxy) is 1. The van der Waals surface area contributed by atoms with Crippen LogP contribution in [0.3, 0.4) is 0 Å². The Morgan fingerprint density at radius 1 is 1.40 bits per heavy atom. The van der Waals surface area contributed by atoms with Crippen molar-refractivity contribution >= 4 is 28.2 Å². The van der Waals surface area contributed by atoms with Crippen LogP contribution < -0.4 is 10.6 Å². The number of hydrogen-bond donors (Lipinski definition) is 2. The average molecular weight is 275 g/mol. The highest BCUT2D eigenvalue weighted by Gasteiger charge is 2.20. The molecule has 2 aromatic rings. The SMILES string of the molecule is CCOC(=O)c1cnc2cc(F)cc3c2c1NCCN3. The van der Waals surface area contributed by atoms with Gasteiger partial charge in [0.25, 0.3) is 0 Å². The van der Waals surface area contributed by atoms with Crippen LogP contribution in [0.25, 0.3) is 10.9 Å². The fraction of sp³-hybridized carbons (Fsp3) is 0.286. The second kappa shape index (κ2) is 4.96. The van der Waals surface area contributed by atoms with E-state index in [-0.39, 0.29) is 5.82 Å². The van der Waals surface area contributed by atoms with Crippen LogP contribution in [0.1, 0.15) is 17.3 Å². The van der Waals surface area contributed by atoms with E-state index in [2.05, 4.69) is 15.6 Å². The first-order valence-corrected chi connectivity index (χ1v) is 6.48. The van der Waals surface area contributed by atoms with Crippen molar-refractivity contribution in [1.82, 2.24) is 4.98 Å². The fourth-order valence-electron chi connectivity index (χ4n) is 2.36. The van der Waals surface area contributed by atoms with Gasteiger partial charge in [-0.2, -0.15) is 0 Å². The van der Waals surface area contributed by atoms with Crippen LogP contribution >= 0.6 is 0 Å². The highest BCUT2D eigenvalue weighted by Crippen LogP contribution is 2.34. The van der Waals surface area contributed by atoms with Crippen molar-refractivity contribution in [3.8, 4) is 0 Å². The van der Waals surface area contributed by atoms with Crippen LogP contribution in [-0.2, 0) is 4.74 Å². The number of nitrogens with zero attached hydrogens (tertiary/aromatic N) is 1. The van der Waals surface area contributed by atoms with Crippen molar-refractivity contribution in [3.63, 3.8) is 0 Å². The van der Waals surface area contributed by atoms with Gasteiger partial charge in [0.1, 0.15) is 11.4 Å². The number of aromatic nitrogens is 1. The molecular weight excluding hydrogens is 261 g/mol. The van der Waals surface area contributed by atoms with Gasteiger partial charge in [0.05, 0.1) is 17.8 Å². The van der Waals surface area contributed by atoms with Gasteiger partial charge in [-0.15, -0.1) is 0 Å². The van der Waals surface area contributed by atoms with E-state index >= 15 is 0 Å². The van der Waals surface area contributed by atoms with Crippen molar-refractivity contribution in [2.24, 2.45) is 0 Å². The number of halogens is 1. The van der Waals surface area contributed by atoms with E-state index in [1.165, 1.54) is 18.3 Å². The van der Waals surface area contributed by atoms with E-state index in [1.807, 2.05) is 0 Å². The second-order valence-corrected chi connectivity index (χ2v) is 4.47. The molecule has 0 radical (unpaired) electrons. The smallest absolute Gasteiger partial charge is 0.341 e. The predicted octanol–water partition coefficient (Wildman–Crippen LogP) is 2.39. The van der Waals surface area contributed by atoms with Crippen molar-refractivity contribution in [2.75, 3.05) is 30.3 Å². The van der Waals surface area contributed by atoms with Crippen molar-refractivity contribution in [1.29, 1.82) is 0 Å². The van der Waals surface area contributed by atoms with Gasteiger partial charge in [0, 0.05) is 36.4 Å². The molecule has 5 nitrogen and oxygen atoms in total. The number of benzene rings is 1. The molecule has 0 spiro atoms. The summed E-state index contributed by atoms with van der Waals surface area (Å²) in [6, 6.07) is 2.77. The first-order chi connectivity index (χ1) is 9.70. The lowest BCUT2D eigenvalue weighted by Crippen LogP contribution is -2.13. The molecule has 3 rings (SSSR count). The summed E-state index contributed by atoms with van der Waals surface area (Å²) < 4.78 is 18.6. The minimum atomic E-state index is -0.429. The van der Waals surface area contributed by atoms with Crippen LogP contribution in [0.2, 0.25) is 0 Å². The van der Waals surface area contributed by atoms with E-state index in [1.54, 1.807) is 6.92 Å². The van der Waals surface area contributed by atoms with Gasteiger partial charge in [0.15, 0.2) is 0 Å². The van der Waals surface area contributed by atoms with E-state index in [4.69, 9.17) is 4.74 Å². The Morgan fingerprint density at radius 2 is 2.20 bits per heavy atom. The van der Waals surface area contributed by atoms with Crippen molar-refractivity contribution in [2.45, 2.75) is 6.92 Å². The molecule has 0 aliphatic carbocycles. The van der Waals surface area contributed by atoms with Gasteiger partial charge in [0.2, 0.25) is 0 Å². The first kappa shape index (κ1) is 12.7. The van der Waals surface area contributed by atoms with Crippen LogP contribution in [0, 0.1) is 5.82 Å². The maximum Gasteiger partial charge on any atom is 0.341 e. The van der Waals surface area contributed by atoms with E-state index in [0.717, 1.165) is 5.39 Å². The largest absolute Gasteiger partial charge is 0.462 e. The molecule has 1 aliphatic rings. The lowest BCUT2D eigenvalue weighted by molar-refractivity contribution is 0.0527. The topological polar surface area (TPSA) is 63.2 Å². The molecule has 0 fully saturated rings. The molecule has 104 valence electrons. The number of carbonyl (C=O) groups excluding carboxylic acids is 1. The number of rotatable bonds is 2. The zero-order chi connectivity index (χ0) is 14.1. The molecule has 0 atom stereocenters.